The third kappa shape index (κ3) is 3.41. The molecule has 3 heteroatoms. The van der Waals surface area contributed by atoms with Crippen molar-refractivity contribution in [2.45, 2.75) is 107 Å². The van der Waals surface area contributed by atoms with Gasteiger partial charge in [-0.15, -0.1) is 0 Å². The highest BCUT2D eigenvalue weighted by atomic mass is 16.4. The molecule has 0 aromatic rings. The lowest BCUT2D eigenvalue weighted by Gasteiger charge is -2.69. The van der Waals surface area contributed by atoms with Gasteiger partial charge in [0.25, 0.3) is 0 Å². The topological polar surface area (TPSA) is 54.4 Å². The third-order valence-corrected chi connectivity index (χ3v) is 12.2. The smallest absolute Gasteiger partial charge is 0.303 e. The fourth-order valence-electron chi connectivity index (χ4n) is 9.91. The summed E-state index contributed by atoms with van der Waals surface area (Å²) >= 11 is 0. The Labute approximate surface area is 202 Å². The SMILES string of the molecule is CC(C)[C@@H]1CC[C@]2(C)[C@H](C(=O)C=C3[C@@H]4[C@@H](C)[C@H](C)CC[C@]4(C)CC[C@]32C)[C@@]1(C)CCC(=O)O. The highest BCUT2D eigenvalue weighted by molar-refractivity contribution is 5.95. The van der Waals surface area contributed by atoms with Gasteiger partial charge in [0.05, 0.1) is 0 Å². The average molecular weight is 457 g/mol. The van der Waals surface area contributed by atoms with Crippen LogP contribution in [0.1, 0.15) is 107 Å². The van der Waals surface area contributed by atoms with Gasteiger partial charge in [-0.05, 0) is 102 Å². The number of aliphatic carboxylic acids is 1. The summed E-state index contributed by atoms with van der Waals surface area (Å²) in [5.41, 5.74) is 1.42. The van der Waals surface area contributed by atoms with Crippen LogP contribution < -0.4 is 0 Å². The first kappa shape index (κ1) is 25.0. The Kier molecular flexibility index (Phi) is 6.02. The van der Waals surface area contributed by atoms with E-state index in [4.69, 9.17) is 0 Å². The molecule has 0 saturated heterocycles. The molecular weight excluding hydrogens is 408 g/mol. The van der Waals surface area contributed by atoms with E-state index in [-0.39, 0.29) is 28.6 Å². The maximum absolute atomic E-state index is 14.2. The molecule has 33 heavy (non-hydrogen) atoms. The van der Waals surface area contributed by atoms with Gasteiger partial charge in [0.1, 0.15) is 0 Å². The van der Waals surface area contributed by atoms with Gasteiger partial charge in [-0.25, -0.2) is 0 Å². The Hall–Kier alpha value is -1.12. The van der Waals surface area contributed by atoms with Crippen molar-refractivity contribution < 1.29 is 14.7 Å². The van der Waals surface area contributed by atoms with Crippen molar-refractivity contribution in [1.29, 1.82) is 0 Å². The molecule has 0 unspecified atom stereocenters. The van der Waals surface area contributed by atoms with Crippen molar-refractivity contribution in [2.24, 2.45) is 57.2 Å². The predicted molar refractivity (Wildman–Crippen MR) is 134 cm³/mol. The van der Waals surface area contributed by atoms with E-state index in [1.165, 1.54) is 24.8 Å². The van der Waals surface area contributed by atoms with Gasteiger partial charge < -0.3 is 5.11 Å². The molecular formula is C30H48O3. The van der Waals surface area contributed by atoms with Crippen LogP contribution >= 0.6 is 0 Å². The molecule has 0 heterocycles. The first-order chi connectivity index (χ1) is 15.2. The minimum atomic E-state index is -0.741. The quantitative estimate of drug-likeness (QED) is 0.475. The summed E-state index contributed by atoms with van der Waals surface area (Å²) in [6, 6.07) is 0. The molecule has 0 bridgehead atoms. The van der Waals surface area contributed by atoms with Crippen molar-refractivity contribution in [3.8, 4) is 0 Å². The number of carboxylic acids is 1. The Morgan fingerprint density at radius 1 is 1.06 bits per heavy atom. The van der Waals surface area contributed by atoms with Gasteiger partial charge in [0, 0.05) is 12.3 Å². The molecule has 3 saturated carbocycles. The second-order valence-corrected chi connectivity index (χ2v) is 14.0. The summed E-state index contributed by atoms with van der Waals surface area (Å²) in [7, 11) is 0. The van der Waals surface area contributed by atoms with Crippen LogP contribution in [0, 0.1) is 57.2 Å². The van der Waals surface area contributed by atoms with Gasteiger partial charge in [-0.3, -0.25) is 9.59 Å². The van der Waals surface area contributed by atoms with E-state index in [0.29, 0.717) is 47.2 Å². The molecule has 0 radical (unpaired) electrons. The number of hydrogen-bond donors (Lipinski definition) is 1. The molecule has 0 amide bonds. The molecule has 4 aliphatic carbocycles. The molecule has 3 fully saturated rings. The van der Waals surface area contributed by atoms with Gasteiger partial charge >= 0.3 is 5.97 Å². The summed E-state index contributed by atoms with van der Waals surface area (Å²) in [6.07, 6.45) is 10.0. The molecule has 9 atom stereocenters. The van der Waals surface area contributed by atoms with Crippen molar-refractivity contribution in [2.75, 3.05) is 0 Å². The van der Waals surface area contributed by atoms with Crippen LogP contribution in [0.5, 0.6) is 0 Å². The van der Waals surface area contributed by atoms with Crippen molar-refractivity contribution >= 4 is 11.8 Å². The Morgan fingerprint density at radius 3 is 2.33 bits per heavy atom. The Morgan fingerprint density at radius 2 is 1.73 bits per heavy atom. The van der Waals surface area contributed by atoms with Gasteiger partial charge in [-0.1, -0.05) is 61.0 Å². The number of carboxylic acid groups (broad SMARTS) is 1. The predicted octanol–water partition coefficient (Wildman–Crippen LogP) is 7.54. The highest BCUT2D eigenvalue weighted by Crippen LogP contribution is 2.73. The minimum Gasteiger partial charge on any atom is -0.481 e. The molecule has 3 nitrogen and oxygen atoms in total. The highest BCUT2D eigenvalue weighted by Gasteiger charge is 2.68. The lowest BCUT2D eigenvalue weighted by atomic mass is 9.35. The van der Waals surface area contributed by atoms with E-state index in [1.54, 1.807) is 0 Å². The summed E-state index contributed by atoms with van der Waals surface area (Å²) in [5, 5.41) is 9.56. The zero-order valence-corrected chi connectivity index (χ0v) is 22.5. The summed E-state index contributed by atoms with van der Waals surface area (Å²) in [6.45, 7) is 19.0. The first-order valence-electron chi connectivity index (χ1n) is 13.7. The molecule has 4 rings (SSSR count). The third-order valence-electron chi connectivity index (χ3n) is 12.2. The van der Waals surface area contributed by atoms with Crippen LogP contribution in [0.4, 0.5) is 0 Å². The number of carbonyl (C=O) groups is 2. The number of ketones is 1. The number of fused-ring (bicyclic) bond motifs is 5. The van der Waals surface area contributed by atoms with E-state index >= 15 is 0 Å². The number of allylic oxidation sites excluding steroid dienone is 2. The van der Waals surface area contributed by atoms with Crippen LogP contribution in [0.15, 0.2) is 11.6 Å². The van der Waals surface area contributed by atoms with Gasteiger partial charge in [-0.2, -0.15) is 0 Å². The largest absolute Gasteiger partial charge is 0.481 e. The second-order valence-electron chi connectivity index (χ2n) is 14.0. The fourth-order valence-corrected chi connectivity index (χ4v) is 9.91. The van der Waals surface area contributed by atoms with E-state index < -0.39 is 5.97 Å². The van der Waals surface area contributed by atoms with Crippen LogP contribution in [0.3, 0.4) is 0 Å². The summed E-state index contributed by atoms with van der Waals surface area (Å²) < 4.78 is 0. The molecule has 0 spiro atoms. The lowest BCUT2D eigenvalue weighted by Crippen LogP contribution is -2.64. The van der Waals surface area contributed by atoms with Crippen LogP contribution in [0.25, 0.3) is 0 Å². The van der Waals surface area contributed by atoms with E-state index in [1.807, 2.05) is 0 Å². The van der Waals surface area contributed by atoms with Crippen LogP contribution in [-0.2, 0) is 9.59 Å². The molecule has 1 N–H and O–H groups in total. The van der Waals surface area contributed by atoms with Crippen molar-refractivity contribution in [1.82, 2.24) is 0 Å². The zero-order valence-electron chi connectivity index (χ0n) is 22.5. The maximum Gasteiger partial charge on any atom is 0.303 e. The van der Waals surface area contributed by atoms with Gasteiger partial charge in [0.2, 0.25) is 0 Å². The second kappa shape index (κ2) is 7.95. The molecule has 0 aromatic carbocycles. The minimum absolute atomic E-state index is 0.0213. The maximum atomic E-state index is 14.2. The van der Waals surface area contributed by atoms with E-state index in [0.717, 1.165) is 19.3 Å². The average Bonchev–Trinajstić information content (AvgIpc) is 2.71. The standard InChI is InChI=1S/C30H48O3/c1-18(2)21-10-14-30(8)26(28(21,6)13-11-24(32)33)23(31)17-22-25-20(4)19(3)9-12-27(25,5)15-16-29(22,30)7/h17-21,25-26H,9-16H2,1-8H3,(H,32,33)/t19-,20+,21+,25+,26-,27-,28+,29-,30-/m1/s1. The molecule has 0 aliphatic heterocycles. The Balaban J connectivity index is 1.86. The molecule has 186 valence electrons. The summed E-state index contributed by atoms with van der Waals surface area (Å²) in [4.78, 5) is 25.8. The number of hydrogen-bond acceptors (Lipinski definition) is 2. The molecule has 0 aromatic heterocycles. The number of rotatable bonds is 4. The van der Waals surface area contributed by atoms with Crippen molar-refractivity contribution in [3.63, 3.8) is 0 Å². The van der Waals surface area contributed by atoms with Crippen LogP contribution in [-0.4, -0.2) is 16.9 Å². The fraction of sp³-hybridized carbons (Fsp3) is 0.867. The van der Waals surface area contributed by atoms with Crippen LogP contribution in [0.2, 0.25) is 0 Å². The zero-order chi connectivity index (χ0) is 24.6. The number of carbonyl (C=O) groups excluding carboxylic acids is 1. The normalized spacial score (nSPS) is 49.7. The Bertz CT molecular complexity index is 857. The van der Waals surface area contributed by atoms with Gasteiger partial charge in [0.15, 0.2) is 5.78 Å². The van der Waals surface area contributed by atoms with E-state index in [9.17, 15) is 14.7 Å². The van der Waals surface area contributed by atoms with E-state index in [2.05, 4.69) is 61.5 Å². The van der Waals surface area contributed by atoms with Crippen molar-refractivity contribution in [3.05, 3.63) is 11.6 Å². The monoisotopic (exact) mass is 456 g/mol. The lowest BCUT2D eigenvalue weighted by molar-refractivity contribution is -0.172. The first-order valence-corrected chi connectivity index (χ1v) is 13.7. The summed E-state index contributed by atoms with van der Waals surface area (Å²) in [5.74, 6) is 2.12. The molecule has 4 aliphatic rings.